The normalized spacial score (nSPS) is 17.7. The third-order valence-electron chi connectivity index (χ3n) is 3.33. The number of hydrogen-bond donors (Lipinski definition) is 3. The first-order chi connectivity index (χ1) is 8.76. The molecule has 0 saturated heterocycles. The maximum absolute atomic E-state index is 11.9. The number of benzene rings is 1. The number of amides is 1. The van der Waals surface area contributed by atoms with Crippen LogP contribution in [-0.2, 0) is 11.2 Å². The number of hydrogen-bond acceptors (Lipinski definition) is 3. The van der Waals surface area contributed by atoms with Gasteiger partial charge in [-0.3, -0.25) is 4.79 Å². The molecule has 0 aromatic heterocycles. The van der Waals surface area contributed by atoms with E-state index in [1.807, 2.05) is 6.07 Å². The van der Waals surface area contributed by atoms with Crippen molar-refractivity contribution >= 4 is 11.6 Å². The van der Waals surface area contributed by atoms with E-state index in [2.05, 4.69) is 29.7 Å². The van der Waals surface area contributed by atoms with Crippen molar-refractivity contribution in [3.05, 3.63) is 29.3 Å². The lowest BCUT2D eigenvalue weighted by Crippen LogP contribution is -2.28. The first kappa shape index (κ1) is 13.1. The fourth-order valence-electron chi connectivity index (χ4n) is 2.25. The Bertz CT molecular complexity index is 431. The summed E-state index contributed by atoms with van der Waals surface area (Å²) in [5, 5.41) is 6.22. The number of carbonyl (C=O) groups excluding carboxylic acids is 1. The van der Waals surface area contributed by atoms with E-state index >= 15 is 0 Å². The molecule has 1 unspecified atom stereocenters. The molecule has 98 valence electrons. The van der Waals surface area contributed by atoms with Gasteiger partial charge in [0.15, 0.2) is 0 Å². The molecule has 0 aliphatic carbocycles. The molecule has 1 atom stereocenters. The smallest absolute Gasteiger partial charge is 0.246 e. The van der Waals surface area contributed by atoms with Crippen molar-refractivity contribution in [2.75, 3.05) is 18.4 Å². The number of carbonyl (C=O) groups is 1. The molecule has 0 saturated carbocycles. The van der Waals surface area contributed by atoms with Gasteiger partial charge in [0.25, 0.3) is 0 Å². The summed E-state index contributed by atoms with van der Waals surface area (Å²) < 4.78 is 0. The van der Waals surface area contributed by atoms with E-state index in [1.54, 1.807) is 0 Å². The molecule has 1 heterocycles. The Morgan fingerprint density at radius 3 is 2.94 bits per heavy atom. The quantitative estimate of drug-likeness (QED) is 0.668. The molecule has 4 N–H and O–H groups in total. The molecule has 1 aromatic carbocycles. The Morgan fingerprint density at radius 2 is 2.22 bits per heavy atom. The minimum absolute atomic E-state index is 0.0472. The summed E-state index contributed by atoms with van der Waals surface area (Å²) in [5.74, 6) is 0.0472. The van der Waals surface area contributed by atoms with Crippen molar-refractivity contribution in [1.82, 2.24) is 5.32 Å². The van der Waals surface area contributed by atoms with Crippen molar-refractivity contribution in [2.45, 2.75) is 32.2 Å². The molecular weight excluding hydrogens is 226 g/mol. The second-order valence-electron chi connectivity index (χ2n) is 4.65. The summed E-state index contributed by atoms with van der Waals surface area (Å²) in [6.07, 6.45) is 2.98. The van der Waals surface area contributed by atoms with Crippen LogP contribution in [0.3, 0.4) is 0 Å². The molecule has 1 aliphatic rings. The van der Waals surface area contributed by atoms with E-state index in [1.165, 1.54) is 5.56 Å². The minimum Gasteiger partial charge on any atom is -0.330 e. The molecule has 0 bridgehead atoms. The van der Waals surface area contributed by atoms with Crippen LogP contribution in [0.15, 0.2) is 18.2 Å². The zero-order valence-electron chi connectivity index (χ0n) is 10.8. The molecule has 1 amide bonds. The number of nitrogens with one attached hydrogen (secondary N) is 2. The molecule has 1 aromatic rings. The highest BCUT2D eigenvalue weighted by Gasteiger charge is 2.29. The van der Waals surface area contributed by atoms with Crippen LogP contribution < -0.4 is 16.4 Å². The van der Waals surface area contributed by atoms with E-state index < -0.39 is 0 Å². The van der Waals surface area contributed by atoms with Gasteiger partial charge in [-0.1, -0.05) is 19.1 Å². The van der Waals surface area contributed by atoms with Crippen molar-refractivity contribution < 1.29 is 4.79 Å². The highest BCUT2D eigenvalue weighted by molar-refractivity contribution is 6.02. The van der Waals surface area contributed by atoms with Crippen LogP contribution in [0.1, 0.15) is 36.9 Å². The maximum atomic E-state index is 11.9. The van der Waals surface area contributed by atoms with Gasteiger partial charge in [0.1, 0.15) is 6.04 Å². The lowest BCUT2D eigenvalue weighted by molar-refractivity contribution is -0.117. The zero-order chi connectivity index (χ0) is 13.0. The summed E-state index contributed by atoms with van der Waals surface area (Å²) in [4.78, 5) is 11.9. The zero-order valence-corrected chi connectivity index (χ0v) is 10.8. The molecule has 0 spiro atoms. The van der Waals surface area contributed by atoms with Gasteiger partial charge in [0, 0.05) is 11.3 Å². The Labute approximate surface area is 108 Å². The summed E-state index contributed by atoms with van der Waals surface area (Å²) in [5.41, 5.74) is 8.73. The van der Waals surface area contributed by atoms with Crippen molar-refractivity contribution in [1.29, 1.82) is 0 Å². The standard InChI is InChI=1S/C14H21N3O/c1-2-10-5-6-12-11(9-10)13(14(18)17-12)16-8-4-3-7-15/h5-6,9,13,16H,2-4,7-8,15H2,1H3,(H,17,18). The van der Waals surface area contributed by atoms with Gasteiger partial charge >= 0.3 is 0 Å². The third kappa shape index (κ3) is 2.71. The summed E-state index contributed by atoms with van der Waals surface area (Å²) in [6, 6.07) is 5.97. The topological polar surface area (TPSA) is 67.1 Å². The molecule has 4 heteroatoms. The van der Waals surface area contributed by atoms with Gasteiger partial charge in [-0.25, -0.2) is 0 Å². The van der Waals surface area contributed by atoms with Gasteiger partial charge in [0.2, 0.25) is 5.91 Å². The van der Waals surface area contributed by atoms with E-state index in [9.17, 15) is 4.79 Å². The van der Waals surface area contributed by atoms with Crippen LogP contribution in [0.4, 0.5) is 5.69 Å². The van der Waals surface area contributed by atoms with Crippen molar-refractivity contribution in [3.63, 3.8) is 0 Å². The van der Waals surface area contributed by atoms with Crippen LogP contribution in [0, 0.1) is 0 Å². The van der Waals surface area contributed by atoms with Crippen molar-refractivity contribution in [3.8, 4) is 0 Å². The lowest BCUT2D eigenvalue weighted by Gasteiger charge is -2.11. The predicted octanol–water partition coefficient (Wildman–Crippen LogP) is 1.57. The van der Waals surface area contributed by atoms with Crippen LogP contribution in [0.5, 0.6) is 0 Å². The average molecular weight is 247 g/mol. The molecule has 4 nitrogen and oxygen atoms in total. The number of anilines is 1. The van der Waals surface area contributed by atoms with Crippen LogP contribution in [0.25, 0.3) is 0 Å². The second kappa shape index (κ2) is 5.98. The lowest BCUT2D eigenvalue weighted by atomic mass is 10.0. The first-order valence-corrected chi connectivity index (χ1v) is 6.63. The fourth-order valence-corrected chi connectivity index (χ4v) is 2.25. The Hall–Kier alpha value is -1.39. The summed E-state index contributed by atoms with van der Waals surface area (Å²) in [7, 11) is 0. The van der Waals surface area contributed by atoms with Crippen LogP contribution in [0.2, 0.25) is 0 Å². The number of nitrogens with two attached hydrogens (primary N) is 1. The monoisotopic (exact) mass is 247 g/mol. The van der Waals surface area contributed by atoms with E-state index in [0.29, 0.717) is 6.54 Å². The van der Waals surface area contributed by atoms with E-state index in [-0.39, 0.29) is 11.9 Å². The Morgan fingerprint density at radius 1 is 1.39 bits per heavy atom. The number of aryl methyl sites for hydroxylation is 1. The highest BCUT2D eigenvalue weighted by atomic mass is 16.2. The molecule has 1 aliphatic heterocycles. The second-order valence-corrected chi connectivity index (χ2v) is 4.65. The SMILES string of the molecule is CCc1ccc2c(c1)C(NCCCCN)C(=O)N2. The first-order valence-electron chi connectivity index (χ1n) is 6.63. The maximum Gasteiger partial charge on any atom is 0.246 e. The molecular formula is C14H21N3O. The molecule has 2 rings (SSSR count). The largest absolute Gasteiger partial charge is 0.330 e. The van der Waals surface area contributed by atoms with Crippen LogP contribution in [-0.4, -0.2) is 19.0 Å². The Balaban J connectivity index is 2.06. The summed E-state index contributed by atoms with van der Waals surface area (Å²) >= 11 is 0. The Kier molecular flexibility index (Phi) is 4.33. The molecule has 0 radical (unpaired) electrons. The fraction of sp³-hybridized carbons (Fsp3) is 0.500. The number of unbranched alkanes of at least 4 members (excludes halogenated alkanes) is 1. The van der Waals surface area contributed by atoms with Gasteiger partial charge in [0.05, 0.1) is 0 Å². The summed E-state index contributed by atoms with van der Waals surface area (Å²) in [6.45, 7) is 3.65. The van der Waals surface area contributed by atoms with E-state index in [4.69, 9.17) is 5.73 Å². The molecule has 0 fully saturated rings. The minimum atomic E-state index is -0.204. The van der Waals surface area contributed by atoms with Gasteiger partial charge in [-0.15, -0.1) is 0 Å². The average Bonchev–Trinajstić information content (AvgIpc) is 2.70. The van der Waals surface area contributed by atoms with Gasteiger partial charge in [-0.05, 0) is 44.0 Å². The van der Waals surface area contributed by atoms with Gasteiger partial charge < -0.3 is 16.4 Å². The van der Waals surface area contributed by atoms with Crippen LogP contribution >= 0.6 is 0 Å². The number of fused-ring (bicyclic) bond motifs is 1. The van der Waals surface area contributed by atoms with E-state index in [0.717, 1.165) is 37.1 Å². The third-order valence-corrected chi connectivity index (χ3v) is 3.33. The molecule has 18 heavy (non-hydrogen) atoms. The van der Waals surface area contributed by atoms with Crippen molar-refractivity contribution in [2.24, 2.45) is 5.73 Å². The number of rotatable bonds is 6. The highest BCUT2D eigenvalue weighted by Crippen LogP contribution is 2.31. The predicted molar refractivity (Wildman–Crippen MR) is 73.5 cm³/mol. The van der Waals surface area contributed by atoms with Gasteiger partial charge in [-0.2, -0.15) is 0 Å².